The van der Waals surface area contributed by atoms with E-state index in [1.54, 1.807) is 42.5 Å². The summed E-state index contributed by atoms with van der Waals surface area (Å²) in [5.41, 5.74) is 0.707. The average Bonchev–Trinajstić information content (AvgIpc) is 3.26. The molecule has 0 aliphatic rings. The van der Waals surface area contributed by atoms with Crippen LogP contribution in [0.15, 0.2) is 65.1 Å². The van der Waals surface area contributed by atoms with E-state index >= 15 is 0 Å². The normalized spacial score (nSPS) is 10.4. The molecule has 0 fully saturated rings. The molecule has 1 N–H and O–H groups in total. The van der Waals surface area contributed by atoms with Gasteiger partial charge in [-0.15, -0.1) is 0 Å². The number of amides is 1. The number of carbonyl (C=O) groups excluding carboxylic acids is 2. The smallest absolute Gasteiger partial charge is 0.338 e. The van der Waals surface area contributed by atoms with Crippen LogP contribution in [0, 0.1) is 10.1 Å². The highest BCUT2D eigenvalue weighted by Gasteiger charge is 2.16. The molecule has 31 heavy (non-hydrogen) atoms. The van der Waals surface area contributed by atoms with Crippen LogP contribution in [0.1, 0.15) is 40.0 Å². The van der Waals surface area contributed by atoms with Gasteiger partial charge in [-0.05, 0) is 48.9 Å². The third kappa shape index (κ3) is 5.69. The summed E-state index contributed by atoms with van der Waals surface area (Å²) in [6, 6.07) is 15.3. The van der Waals surface area contributed by atoms with Crippen molar-refractivity contribution >= 4 is 23.3 Å². The van der Waals surface area contributed by atoms with Gasteiger partial charge in [0.1, 0.15) is 12.4 Å². The number of carbonyl (C=O) groups is 2. The minimum absolute atomic E-state index is 0.0487. The Hall–Kier alpha value is -4.14. The molecule has 160 valence electrons. The number of esters is 1. The van der Waals surface area contributed by atoms with Gasteiger partial charge in [0.15, 0.2) is 11.5 Å². The molecular weight excluding hydrogens is 404 g/mol. The number of para-hydroxylation sites is 2. The van der Waals surface area contributed by atoms with E-state index in [9.17, 15) is 19.7 Å². The largest absolute Gasteiger partial charge is 0.479 e. The van der Waals surface area contributed by atoms with Crippen molar-refractivity contribution < 1.29 is 28.4 Å². The number of ether oxygens (including phenoxy) is 2. The molecule has 9 heteroatoms. The second-order valence-corrected chi connectivity index (χ2v) is 6.45. The van der Waals surface area contributed by atoms with E-state index in [2.05, 4.69) is 5.32 Å². The lowest BCUT2D eigenvalue weighted by Gasteiger charge is -2.06. The number of rotatable bonds is 9. The predicted octanol–water partition coefficient (Wildman–Crippen LogP) is 4.59. The number of anilines is 1. The monoisotopic (exact) mass is 424 g/mol. The van der Waals surface area contributed by atoms with Gasteiger partial charge in [-0.1, -0.05) is 19.1 Å². The zero-order valence-electron chi connectivity index (χ0n) is 16.7. The SMILES string of the molecule is CCCOC(=O)c1ccc(NC(=O)c2ccc(COc3ccccc3[N+](=O)[O-])o2)cc1. The molecule has 0 spiro atoms. The Bertz CT molecular complexity index is 1070. The Morgan fingerprint density at radius 1 is 1.06 bits per heavy atom. The molecule has 0 saturated carbocycles. The van der Waals surface area contributed by atoms with Crippen LogP contribution in [0.3, 0.4) is 0 Å². The summed E-state index contributed by atoms with van der Waals surface area (Å²) in [7, 11) is 0. The van der Waals surface area contributed by atoms with Crippen molar-refractivity contribution in [2.75, 3.05) is 11.9 Å². The number of furan rings is 1. The molecular formula is C22H20N2O7. The molecule has 1 aromatic heterocycles. The van der Waals surface area contributed by atoms with Gasteiger partial charge in [0.2, 0.25) is 0 Å². The minimum atomic E-state index is -0.537. The van der Waals surface area contributed by atoms with Gasteiger partial charge < -0.3 is 19.2 Å². The van der Waals surface area contributed by atoms with Gasteiger partial charge in [-0.3, -0.25) is 14.9 Å². The van der Waals surface area contributed by atoms with Crippen molar-refractivity contribution in [1.82, 2.24) is 0 Å². The molecule has 9 nitrogen and oxygen atoms in total. The van der Waals surface area contributed by atoms with E-state index in [0.717, 1.165) is 6.42 Å². The molecule has 0 radical (unpaired) electrons. The van der Waals surface area contributed by atoms with Crippen LogP contribution in [0.5, 0.6) is 5.75 Å². The van der Waals surface area contributed by atoms with Crippen molar-refractivity contribution in [3.05, 3.63) is 87.9 Å². The summed E-state index contributed by atoms with van der Waals surface area (Å²) in [5.74, 6) is -0.426. The topological polar surface area (TPSA) is 121 Å². The predicted molar refractivity (Wildman–Crippen MR) is 111 cm³/mol. The number of nitro groups is 1. The molecule has 3 rings (SSSR count). The highest BCUT2D eigenvalue weighted by molar-refractivity contribution is 6.02. The highest BCUT2D eigenvalue weighted by atomic mass is 16.6. The summed E-state index contributed by atoms with van der Waals surface area (Å²) in [6.07, 6.45) is 0.734. The molecule has 0 aliphatic carbocycles. The van der Waals surface area contributed by atoms with Crippen LogP contribution < -0.4 is 10.1 Å². The summed E-state index contributed by atoms with van der Waals surface area (Å²) in [4.78, 5) is 34.7. The van der Waals surface area contributed by atoms with Gasteiger partial charge in [-0.2, -0.15) is 0 Å². The lowest BCUT2D eigenvalue weighted by molar-refractivity contribution is -0.386. The maximum absolute atomic E-state index is 12.4. The minimum Gasteiger partial charge on any atom is -0.479 e. The summed E-state index contributed by atoms with van der Waals surface area (Å²) in [5, 5.41) is 13.7. The molecule has 1 amide bonds. The van der Waals surface area contributed by atoms with Crippen LogP contribution >= 0.6 is 0 Å². The first kappa shape index (κ1) is 21.6. The second-order valence-electron chi connectivity index (χ2n) is 6.45. The number of nitrogens with one attached hydrogen (secondary N) is 1. The van der Waals surface area contributed by atoms with Crippen molar-refractivity contribution in [3.8, 4) is 5.75 Å². The van der Waals surface area contributed by atoms with E-state index in [1.165, 1.54) is 18.2 Å². The van der Waals surface area contributed by atoms with Crippen LogP contribution in [-0.2, 0) is 11.3 Å². The van der Waals surface area contributed by atoms with Gasteiger partial charge in [0.25, 0.3) is 5.91 Å². The zero-order chi connectivity index (χ0) is 22.2. The fourth-order valence-electron chi connectivity index (χ4n) is 2.62. The van der Waals surface area contributed by atoms with Crippen molar-refractivity contribution in [1.29, 1.82) is 0 Å². The molecule has 0 bridgehead atoms. The first-order valence-corrected chi connectivity index (χ1v) is 9.51. The van der Waals surface area contributed by atoms with Crippen molar-refractivity contribution in [2.24, 2.45) is 0 Å². The molecule has 0 saturated heterocycles. The van der Waals surface area contributed by atoms with E-state index < -0.39 is 16.8 Å². The van der Waals surface area contributed by atoms with E-state index in [-0.39, 0.29) is 23.8 Å². The van der Waals surface area contributed by atoms with Gasteiger partial charge >= 0.3 is 11.7 Å². The Kier molecular flexibility index (Phi) is 7.00. The summed E-state index contributed by atoms with van der Waals surface area (Å²) < 4.78 is 16.0. The Morgan fingerprint density at radius 3 is 2.52 bits per heavy atom. The Labute approximate surface area is 177 Å². The molecule has 0 unspecified atom stereocenters. The third-order valence-electron chi connectivity index (χ3n) is 4.13. The molecule has 1 heterocycles. The first-order chi connectivity index (χ1) is 15.0. The number of hydrogen-bond donors (Lipinski definition) is 1. The molecule has 0 aliphatic heterocycles. The Balaban J connectivity index is 1.58. The number of nitrogens with zero attached hydrogens (tertiary/aromatic N) is 1. The highest BCUT2D eigenvalue weighted by Crippen LogP contribution is 2.27. The van der Waals surface area contributed by atoms with E-state index in [4.69, 9.17) is 13.9 Å². The maximum Gasteiger partial charge on any atom is 0.338 e. The lowest BCUT2D eigenvalue weighted by Crippen LogP contribution is -2.11. The molecule has 2 aromatic carbocycles. The van der Waals surface area contributed by atoms with Crippen LogP contribution in [0.2, 0.25) is 0 Å². The fourth-order valence-corrected chi connectivity index (χ4v) is 2.62. The average molecular weight is 424 g/mol. The number of nitro benzene ring substituents is 1. The second kappa shape index (κ2) is 10.1. The standard InChI is InChI=1S/C22H20N2O7/c1-2-13-29-22(26)15-7-9-16(10-8-15)23-21(25)20-12-11-17(31-20)14-30-19-6-4-3-5-18(19)24(27)28/h3-12H,2,13-14H2,1H3,(H,23,25). The zero-order valence-corrected chi connectivity index (χ0v) is 16.7. The van der Waals surface area contributed by atoms with Gasteiger partial charge in [-0.25, -0.2) is 4.79 Å². The van der Waals surface area contributed by atoms with Crippen LogP contribution in [0.4, 0.5) is 11.4 Å². The summed E-state index contributed by atoms with van der Waals surface area (Å²) in [6.45, 7) is 2.18. The van der Waals surface area contributed by atoms with Crippen LogP contribution in [-0.4, -0.2) is 23.4 Å². The van der Waals surface area contributed by atoms with Gasteiger partial charge in [0, 0.05) is 11.8 Å². The first-order valence-electron chi connectivity index (χ1n) is 9.51. The Morgan fingerprint density at radius 2 is 1.81 bits per heavy atom. The number of benzene rings is 2. The van der Waals surface area contributed by atoms with E-state index in [0.29, 0.717) is 23.6 Å². The lowest BCUT2D eigenvalue weighted by atomic mass is 10.2. The molecule has 3 aromatic rings. The van der Waals surface area contributed by atoms with Crippen LogP contribution in [0.25, 0.3) is 0 Å². The third-order valence-corrected chi connectivity index (χ3v) is 4.13. The quantitative estimate of drug-likeness (QED) is 0.303. The maximum atomic E-state index is 12.4. The van der Waals surface area contributed by atoms with E-state index in [1.807, 2.05) is 6.92 Å². The summed E-state index contributed by atoms with van der Waals surface area (Å²) >= 11 is 0. The molecule has 0 atom stereocenters. The van der Waals surface area contributed by atoms with Gasteiger partial charge in [0.05, 0.1) is 17.1 Å². The number of hydrogen-bond acceptors (Lipinski definition) is 7. The fraction of sp³-hybridized carbons (Fsp3) is 0.182. The van der Waals surface area contributed by atoms with Crippen molar-refractivity contribution in [3.63, 3.8) is 0 Å². The van der Waals surface area contributed by atoms with Crippen molar-refractivity contribution in [2.45, 2.75) is 20.0 Å².